The lowest BCUT2D eigenvalue weighted by molar-refractivity contribution is 0.102. The van der Waals surface area contributed by atoms with Crippen LogP contribution in [0.2, 0.25) is 0 Å². The number of nitrogens with zero attached hydrogens (tertiary/aromatic N) is 3. The Morgan fingerprint density at radius 1 is 1.06 bits per heavy atom. The molecule has 168 valence electrons. The first-order valence-corrected chi connectivity index (χ1v) is 12.9. The number of rotatable bonds is 6. The second-order valence-electron chi connectivity index (χ2n) is 8.23. The maximum absolute atomic E-state index is 12.9. The average molecular weight is 471 g/mol. The van der Waals surface area contributed by atoms with Gasteiger partial charge in [-0.2, -0.15) is 4.31 Å². The predicted octanol–water partition coefficient (Wildman–Crippen LogP) is 4.67. The van der Waals surface area contributed by atoms with Crippen LogP contribution >= 0.6 is 11.3 Å². The normalized spacial score (nSPS) is 14.8. The fourth-order valence-electron chi connectivity index (χ4n) is 3.65. The molecular weight excluding hydrogens is 444 g/mol. The van der Waals surface area contributed by atoms with E-state index in [1.807, 2.05) is 12.1 Å². The Bertz CT molecular complexity index is 1230. The van der Waals surface area contributed by atoms with Gasteiger partial charge in [0.25, 0.3) is 5.91 Å². The van der Waals surface area contributed by atoms with Crippen molar-refractivity contribution in [3.05, 3.63) is 59.2 Å². The molecule has 0 atom stereocenters. The topological polar surface area (TPSA) is 92.3 Å². The zero-order chi connectivity index (χ0) is 22.9. The summed E-state index contributed by atoms with van der Waals surface area (Å²) in [5, 5.41) is 12.1. The molecule has 1 amide bonds. The molecule has 1 fully saturated rings. The number of anilines is 1. The largest absolute Gasteiger partial charge is 0.296 e. The summed E-state index contributed by atoms with van der Waals surface area (Å²) in [6.45, 7) is 7.10. The maximum atomic E-state index is 12.9. The molecule has 1 saturated heterocycles. The highest BCUT2D eigenvalue weighted by molar-refractivity contribution is 7.89. The van der Waals surface area contributed by atoms with Crippen LogP contribution in [0.5, 0.6) is 0 Å². The van der Waals surface area contributed by atoms with Crippen molar-refractivity contribution in [2.24, 2.45) is 0 Å². The predicted molar refractivity (Wildman–Crippen MR) is 127 cm³/mol. The Morgan fingerprint density at radius 3 is 2.41 bits per heavy atom. The number of carbonyl (C=O) groups excluding carboxylic acids is 1. The first-order chi connectivity index (χ1) is 15.3. The number of aromatic nitrogens is 2. The van der Waals surface area contributed by atoms with Gasteiger partial charge in [-0.25, -0.2) is 8.42 Å². The Balaban J connectivity index is 1.53. The highest BCUT2D eigenvalue weighted by Gasteiger charge is 2.28. The summed E-state index contributed by atoms with van der Waals surface area (Å²) in [7, 11) is -3.60. The van der Waals surface area contributed by atoms with Crippen LogP contribution in [0.4, 0.5) is 5.13 Å². The lowest BCUT2D eigenvalue weighted by atomic mass is 10.0. The highest BCUT2D eigenvalue weighted by atomic mass is 32.2. The van der Waals surface area contributed by atoms with Crippen molar-refractivity contribution in [3.63, 3.8) is 0 Å². The summed E-state index contributed by atoms with van der Waals surface area (Å²) in [6.07, 6.45) is 1.72. The fourth-order valence-corrected chi connectivity index (χ4v) is 5.94. The molecule has 2 aromatic carbocycles. The van der Waals surface area contributed by atoms with Gasteiger partial charge in [0.2, 0.25) is 15.2 Å². The molecule has 0 radical (unpaired) electrons. The second-order valence-corrected chi connectivity index (χ2v) is 11.1. The van der Waals surface area contributed by atoms with Gasteiger partial charge < -0.3 is 0 Å². The zero-order valence-corrected chi connectivity index (χ0v) is 20.0. The number of benzene rings is 2. The Morgan fingerprint density at radius 2 is 1.75 bits per heavy atom. The molecular formula is C23H26N4O3S2. The Hall–Kier alpha value is -2.62. The number of nitrogens with one attached hydrogen (secondary N) is 1. The monoisotopic (exact) mass is 470 g/mol. The summed E-state index contributed by atoms with van der Waals surface area (Å²) in [4.78, 5) is 13.1. The van der Waals surface area contributed by atoms with E-state index < -0.39 is 15.9 Å². The van der Waals surface area contributed by atoms with Gasteiger partial charge in [0.05, 0.1) is 4.90 Å². The van der Waals surface area contributed by atoms with E-state index in [2.05, 4.69) is 41.5 Å². The summed E-state index contributed by atoms with van der Waals surface area (Å²) >= 11 is 1.28. The molecule has 1 aliphatic heterocycles. The van der Waals surface area contributed by atoms with E-state index in [1.165, 1.54) is 27.3 Å². The standard InChI is InChI=1S/C23H26N4O3S2/c1-15(2)17-7-9-18(10-8-17)22-25-26-23(31-22)24-21(28)20-14-19(11-6-16(20)3)32(29,30)27-12-4-5-13-27/h6-11,14-15H,4-5,12-13H2,1-3H3,(H,24,26,28). The number of hydrogen-bond acceptors (Lipinski definition) is 6. The van der Waals surface area contributed by atoms with E-state index in [4.69, 9.17) is 0 Å². The molecule has 0 unspecified atom stereocenters. The average Bonchev–Trinajstić information content (AvgIpc) is 3.47. The van der Waals surface area contributed by atoms with Gasteiger partial charge >= 0.3 is 0 Å². The molecule has 3 aromatic rings. The number of aryl methyl sites for hydroxylation is 1. The SMILES string of the molecule is Cc1ccc(S(=O)(=O)N2CCCC2)cc1C(=O)Nc1nnc(-c2ccc(C(C)C)cc2)s1. The smallest absolute Gasteiger partial charge is 0.257 e. The molecule has 9 heteroatoms. The first kappa shape index (κ1) is 22.6. The van der Waals surface area contributed by atoms with Crippen molar-refractivity contribution in [2.45, 2.75) is 44.4 Å². The van der Waals surface area contributed by atoms with Crippen LogP contribution in [-0.2, 0) is 10.0 Å². The van der Waals surface area contributed by atoms with Crippen molar-refractivity contribution in [2.75, 3.05) is 18.4 Å². The minimum Gasteiger partial charge on any atom is -0.296 e. The van der Waals surface area contributed by atoms with E-state index in [-0.39, 0.29) is 4.90 Å². The summed E-state index contributed by atoms with van der Waals surface area (Å²) in [5.41, 5.74) is 3.17. The molecule has 2 heterocycles. The van der Waals surface area contributed by atoms with Crippen molar-refractivity contribution < 1.29 is 13.2 Å². The highest BCUT2D eigenvalue weighted by Crippen LogP contribution is 2.29. The van der Waals surface area contributed by atoms with Gasteiger partial charge in [0.15, 0.2) is 0 Å². The van der Waals surface area contributed by atoms with E-state index in [9.17, 15) is 13.2 Å². The van der Waals surface area contributed by atoms with Gasteiger partial charge in [0.1, 0.15) is 5.01 Å². The minimum atomic E-state index is -3.60. The molecule has 0 bridgehead atoms. The third-order valence-electron chi connectivity index (χ3n) is 5.63. The molecule has 0 aliphatic carbocycles. The second kappa shape index (κ2) is 9.09. The fraction of sp³-hybridized carbons (Fsp3) is 0.348. The Labute approximate surface area is 192 Å². The van der Waals surface area contributed by atoms with Crippen LogP contribution in [0, 0.1) is 6.92 Å². The van der Waals surface area contributed by atoms with Crippen LogP contribution in [0.15, 0.2) is 47.4 Å². The van der Waals surface area contributed by atoms with Crippen LogP contribution in [0.1, 0.15) is 54.1 Å². The summed E-state index contributed by atoms with van der Waals surface area (Å²) < 4.78 is 27.2. The quantitative estimate of drug-likeness (QED) is 0.565. The number of hydrogen-bond donors (Lipinski definition) is 1. The minimum absolute atomic E-state index is 0.137. The van der Waals surface area contributed by atoms with E-state index in [1.54, 1.807) is 19.1 Å². The van der Waals surface area contributed by atoms with Gasteiger partial charge in [-0.15, -0.1) is 10.2 Å². The van der Waals surface area contributed by atoms with Crippen LogP contribution < -0.4 is 5.32 Å². The molecule has 0 spiro atoms. The lowest BCUT2D eigenvalue weighted by Crippen LogP contribution is -2.28. The Kier molecular flexibility index (Phi) is 6.41. The van der Waals surface area contributed by atoms with Gasteiger partial charge in [-0.1, -0.05) is 55.5 Å². The zero-order valence-electron chi connectivity index (χ0n) is 18.3. The van der Waals surface area contributed by atoms with Crippen molar-refractivity contribution in [3.8, 4) is 10.6 Å². The molecule has 32 heavy (non-hydrogen) atoms. The summed E-state index contributed by atoms with van der Waals surface area (Å²) in [5.74, 6) is 0.0421. The van der Waals surface area contributed by atoms with Crippen LogP contribution in [-0.4, -0.2) is 41.9 Å². The summed E-state index contributed by atoms with van der Waals surface area (Å²) in [6, 6.07) is 12.8. The van der Waals surface area contributed by atoms with E-state index >= 15 is 0 Å². The van der Waals surface area contributed by atoms with E-state index in [0.29, 0.717) is 40.3 Å². The maximum Gasteiger partial charge on any atom is 0.257 e. The van der Waals surface area contributed by atoms with Crippen LogP contribution in [0.3, 0.4) is 0 Å². The number of amides is 1. The molecule has 4 rings (SSSR count). The third kappa shape index (κ3) is 4.60. The molecule has 7 nitrogen and oxygen atoms in total. The first-order valence-electron chi connectivity index (χ1n) is 10.6. The third-order valence-corrected chi connectivity index (χ3v) is 8.41. The van der Waals surface area contributed by atoms with Gasteiger partial charge in [0, 0.05) is 24.2 Å². The number of carbonyl (C=O) groups is 1. The van der Waals surface area contributed by atoms with Crippen molar-refractivity contribution in [1.82, 2.24) is 14.5 Å². The lowest BCUT2D eigenvalue weighted by Gasteiger charge is -2.16. The number of sulfonamides is 1. The van der Waals surface area contributed by atoms with Crippen LogP contribution in [0.25, 0.3) is 10.6 Å². The van der Waals surface area contributed by atoms with Crippen molar-refractivity contribution >= 4 is 32.4 Å². The van der Waals surface area contributed by atoms with Gasteiger partial charge in [-0.05, 0) is 48.9 Å². The van der Waals surface area contributed by atoms with Crippen molar-refractivity contribution in [1.29, 1.82) is 0 Å². The molecule has 1 aliphatic rings. The van der Waals surface area contributed by atoms with E-state index in [0.717, 1.165) is 18.4 Å². The molecule has 1 N–H and O–H groups in total. The van der Waals surface area contributed by atoms with Gasteiger partial charge in [-0.3, -0.25) is 10.1 Å². The molecule has 0 saturated carbocycles. The molecule has 1 aromatic heterocycles.